The largest absolute Gasteiger partial charge is 0.394 e. The molecule has 2 heterocycles. The quantitative estimate of drug-likeness (QED) is 0.743. The van der Waals surface area contributed by atoms with E-state index in [1.54, 1.807) is 12.8 Å². The molecule has 1 saturated carbocycles. The summed E-state index contributed by atoms with van der Waals surface area (Å²) >= 11 is 0. The lowest BCUT2D eigenvalue weighted by Crippen LogP contribution is -2.34. The number of methoxy groups -OCH3 is 1. The van der Waals surface area contributed by atoms with Crippen molar-refractivity contribution in [3.63, 3.8) is 0 Å². The minimum Gasteiger partial charge on any atom is -0.369 e. The van der Waals surface area contributed by atoms with Crippen LogP contribution in [-0.4, -0.2) is 61.1 Å². The van der Waals surface area contributed by atoms with Gasteiger partial charge >= 0.3 is 10.4 Å². The SMILES string of the molecule is COCN1C[C@H]2CC3=NC(C)CCC3C[C@@H]2C1.O=S(=O)(O)O. The Morgan fingerprint density at radius 2 is 1.91 bits per heavy atom. The van der Waals surface area contributed by atoms with E-state index in [0.717, 1.165) is 24.5 Å². The van der Waals surface area contributed by atoms with E-state index in [1.807, 2.05) is 0 Å². The van der Waals surface area contributed by atoms with E-state index in [0.29, 0.717) is 6.04 Å². The molecule has 0 aromatic rings. The standard InChI is InChI=1S/C14H24N2O.H2O4S/c1-10-3-4-11-5-12-7-16(9-17-2)8-13(12)6-14(11)15-10;1-5(2,3)4/h10-13H,3-9H2,1-2H3;(H2,1,2,3,4)/t10?,11?,12-,13-;/m1./s1. The number of hydrogen-bond acceptors (Lipinski definition) is 5. The summed E-state index contributed by atoms with van der Waals surface area (Å²) in [5.74, 6) is 2.57. The smallest absolute Gasteiger partial charge is 0.369 e. The molecule has 0 aromatic carbocycles. The van der Waals surface area contributed by atoms with Crippen LogP contribution in [0.2, 0.25) is 0 Å². The van der Waals surface area contributed by atoms with Gasteiger partial charge in [-0.1, -0.05) is 0 Å². The maximum Gasteiger partial charge on any atom is 0.394 e. The van der Waals surface area contributed by atoms with Gasteiger partial charge in [-0.3, -0.25) is 19.0 Å². The van der Waals surface area contributed by atoms with Crippen LogP contribution < -0.4 is 0 Å². The minimum atomic E-state index is -4.67. The highest BCUT2D eigenvalue weighted by molar-refractivity contribution is 7.79. The predicted molar refractivity (Wildman–Crippen MR) is 83.5 cm³/mol. The van der Waals surface area contributed by atoms with Crippen LogP contribution in [0, 0.1) is 17.8 Å². The molecule has 7 nitrogen and oxygen atoms in total. The Hall–Kier alpha value is -0.540. The van der Waals surface area contributed by atoms with Crippen LogP contribution in [0.1, 0.15) is 32.6 Å². The predicted octanol–water partition coefficient (Wildman–Crippen LogP) is 1.52. The molecule has 0 aromatic heterocycles. The Kier molecular flexibility index (Phi) is 5.95. The summed E-state index contributed by atoms with van der Waals surface area (Å²) in [6, 6.07) is 0.578. The monoisotopic (exact) mass is 334 g/mol. The number of hydrogen-bond donors (Lipinski definition) is 2. The third-order valence-electron chi connectivity index (χ3n) is 4.81. The summed E-state index contributed by atoms with van der Waals surface area (Å²) in [5.41, 5.74) is 1.55. The normalized spacial score (nSPS) is 35.0. The molecule has 0 bridgehead atoms. The first-order valence-electron chi connectivity index (χ1n) is 7.74. The molecule has 22 heavy (non-hydrogen) atoms. The summed E-state index contributed by atoms with van der Waals surface area (Å²) in [4.78, 5) is 7.37. The van der Waals surface area contributed by atoms with E-state index >= 15 is 0 Å². The molecule has 0 spiro atoms. The van der Waals surface area contributed by atoms with Gasteiger partial charge in [-0.25, -0.2) is 0 Å². The van der Waals surface area contributed by atoms with Crippen LogP contribution in [0.3, 0.4) is 0 Å². The first-order chi connectivity index (χ1) is 10.3. The van der Waals surface area contributed by atoms with Gasteiger partial charge in [0.25, 0.3) is 0 Å². The summed E-state index contributed by atoms with van der Waals surface area (Å²) in [5, 5.41) is 0. The highest BCUT2D eigenvalue weighted by atomic mass is 32.3. The van der Waals surface area contributed by atoms with Gasteiger partial charge in [-0.05, 0) is 50.4 Å². The molecule has 8 heteroatoms. The molecule has 4 atom stereocenters. The molecule has 3 aliphatic rings. The third-order valence-corrected chi connectivity index (χ3v) is 4.81. The second kappa shape index (κ2) is 7.35. The molecular weight excluding hydrogens is 308 g/mol. The molecule has 2 unspecified atom stereocenters. The number of aliphatic imine (C=N–C) groups is 1. The third kappa shape index (κ3) is 5.27. The Bertz CT molecular complexity index is 499. The number of likely N-dealkylation sites (tertiary alicyclic amines) is 1. The van der Waals surface area contributed by atoms with Crippen molar-refractivity contribution in [1.29, 1.82) is 0 Å². The van der Waals surface area contributed by atoms with Crippen molar-refractivity contribution in [3.05, 3.63) is 0 Å². The second-order valence-electron chi connectivity index (χ2n) is 6.61. The van der Waals surface area contributed by atoms with Gasteiger partial charge in [0.05, 0.1) is 6.73 Å². The zero-order chi connectivity index (χ0) is 16.3. The lowest BCUT2D eigenvalue weighted by Gasteiger charge is -2.36. The fourth-order valence-corrected chi connectivity index (χ4v) is 3.99. The Balaban J connectivity index is 0.000000309. The van der Waals surface area contributed by atoms with Gasteiger partial charge in [0.15, 0.2) is 0 Å². The van der Waals surface area contributed by atoms with Gasteiger partial charge < -0.3 is 4.74 Å². The van der Waals surface area contributed by atoms with Gasteiger partial charge in [-0.2, -0.15) is 8.42 Å². The number of fused-ring (bicyclic) bond motifs is 2. The molecule has 1 saturated heterocycles. The maximum atomic E-state index is 8.74. The fraction of sp³-hybridized carbons (Fsp3) is 0.929. The van der Waals surface area contributed by atoms with Crippen molar-refractivity contribution in [1.82, 2.24) is 4.90 Å². The van der Waals surface area contributed by atoms with E-state index in [4.69, 9.17) is 27.3 Å². The van der Waals surface area contributed by atoms with Crippen LogP contribution in [-0.2, 0) is 15.1 Å². The molecule has 2 aliphatic heterocycles. The zero-order valence-corrected chi connectivity index (χ0v) is 14.0. The van der Waals surface area contributed by atoms with Crippen LogP contribution >= 0.6 is 0 Å². The zero-order valence-electron chi connectivity index (χ0n) is 13.2. The van der Waals surface area contributed by atoms with Crippen LogP contribution in [0.5, 0.6) is 0 Å². The molecule has 2 N–H and O–H groups in total. The molecule has 3 rings (SSSR count). The fourth-order valence-electron chi connectivity index (χ4n) is 3.99. The van der Waals surface area contributed by atoms with Crippen LogP contribution in [0.4, 0.5) is 0 Å². The minimum absolute atomic E-state index is 0.578. The Morgan fingerprint density at radius 1 is 1.27 bits per heavy atom. The Labute approximate surface area is 132 Å². The molecule has 1 aliphatic carbocycles. The van der Waals surface area contributed by atoms with Gasteiger partial charge in [-0.15, -0.1) is 0 Å². The van der Waals surface area contributed by atoms with Crippen LogP contribution in [0.15, 0.2) is 4.99 Å². The molecule has 0 amide bonds. The topological polar surface area (TPSA) is 99.4 Å². The highest BCUT2D eigenvalue weighted by Gasteiger charge is 2.41. The highest BCUT2D eigenvalue weighted by Crippen LogP contribution is 2.41. The molecule has 2 fully saturated rings. The van der Waals surface area contributed by atoms with Crippen molar-refractivity contribution in [3.8, 4) is 0 Å². The van der Waals surface area contributed by atoms with E-state index in [9.17, 15) is 0 Å². The number of nitrogens with zero attached hydrogens (tertiary/aromatic N) is 2. The Morgan fingerprint density at radius 3 is 2.55 bits per heavy atom. The maximum absolute atomic E-state index is 8.74. The van der Waals surface area contributed by atoms with E-state index in [1.165, 1.54) is 38.8 Å². The summed E-state index contributed by atoms with van der Waals surface area (Å²) < 4.78 is 36.8. The average Bonchev–Trinajstić information content (AvgIpc) is 2.75. The van der Waals surface area contributed by atoms with E-state index < -0.39 is 10.4 Å². The van der Waals surface area contributed by atoms with Crippen molar-refractivity contribution in [2.45, 2.75) is 38.6 Å². The van der Waals surface area contributed by atoms with Gasteiger partial charge in [0.1, 0.15) is 0 Å². The van der Waals surface area contributed by atoms with Crippen molar-refractivity contribution < 1.29 is 22.3 Å². The van der Waals surface area contributed by atoms with Crippen LogP contribution in [0.25, 0.3) is 0 Å². The van der Waals surface area contributed by atoms with Crippen molar-refractivity contribution in [2.24, 2.45) is 22.7 Å². The lowest BCUT2D eigenvalue weighted by molar-refractivity contribution is 0.0763. The summed E-state index contributed by atoms with van der Waals surface area (Å²) in [6.07, 6.45) is 5.33. The average molecular weight is 334 g/mol. The second-order valence-corrected chi connectivity index (χ2v) is 7.50. The first kappa shape index (κ1) is 17.8. The number of rotatable bonds is 2. The number of ether oxygens (including phenoxy) is 1. The van der Waals surface area contributed by atoms with Gasteiger partial charge in [0, 0.05) is 32.0 Å². The van der Waals surface area contributed by atoms with Crippen molar-refractivity contribution in [2.75, 3.05) is 26.9 Å². The van der Waals surface area contributed by atoms with E-state index in [-0.39, 0.29) is 0 Å². The first-order valence-corrected chi connectivity index (χ1v) is 9.13. The molecule has 0 radical (unpaired) electrons. The molecular formula is C14H26N2O5S. The summed E-state index contributed by atoms with van der Waals surface area (Å²) in [7, 11) is -2.87. The molecule has 128 valence electrons. The van der Waals surface area contributed by atoms with Gasteiger partial charge in [0.2, 0.25) is 0 Å². The van der Waals surface area contributed by atoms with E-state index in [2.05, 4.69) is 11.8 Å². The van der Waals surface area contributed by atoms with Crippen molar-refractivity contribution >= 4 is 16.1 Å². The summed E-state index contributed by atoms with van der Waals surface area (Å²) in [6.45, 7) is 5.54. The lowest BCUT2D eigenvalue weighted by atomic mass is 9.71.